The summed E-state index contributed by atoms with van der Waals surface area (Å²) >= 11 is 0. The van der Waals surface area contributed by atoms with Crippen molar-refractivity contribution in [2.75, 3.05) is 6.61 Å². The largest absolute Gasteiger partial charge is 0.466 e. The van der Waals surface area contributed by atoms with Crippen LogP contribution in [0.15, 0.2) is 0 Å². The first-order chi connectivity index (χ1) is 5.65. The van der Waals surface area contributed by atoms with Crippen LogP contribution in [0.5, 0.6) is 0 Å². The monoisotopic (exact) mass is 172 g/mol. The van der Waals surface area contributed by atoms with Crippen LogP contribution in [-0.2, 0) is 19.1 Å². The van der Waals surface area contributed by atoms with Gasteiger partial charge in [0, 0.05) is 13.3 Å². The molecule has 1 fully saturated rings. The van der Waals surface area contributed by atoms with Gasteiger partial charge in [-0.25, -0.2) is 0 Å². The highest BCUT2D eigenvalue weighted by Gasteiger charge is 2.47. The summed E-state index contributed by atoms with van der Waals surface area (Å²) < 4.78 is 9.55. The topological polar surface area (TPSA) is 52.6 Å². The fraction of sp³-hybridized carbons (Fsp3) is 0.750. The van der Waals surface area contributed by atoms with Crippen molar-refractivity contribution in [2.45, 2.75) is 26.4 Å². The average molecular weight is 172 g/mol. The van der Waals surface area contributed by atoms with Gasteiger partial charge in [-0.3, -0.25) is 9.59 Å². The number of carbonyl (C=O) groups is 2. The van der Waals surface area contributed by atoms with E-state index in [-0.39, 0.29) is 24.0 Å². The third-order valence-electron chi connectivity index (χ3n) is 1.64. The lowest BCUT2D eigenvalue weighted by molar-refractivity contribution is -0.148. The summed E-state index contributed by atoms with van der Waals surface area (Å²) in [7, 11) is 0. The van der Waals surface area contributed by atoms with Gasteiger partial charge in [0.2, 0.25) is 0 Å². The van der Waals surface area contributed by atoms with Crippen LogP contribution in [0, 0.1) is 5.92 Å². The minimum atomic E-state index is -0.341. The maximum atomic E-state index is 11.0. The molecule has 0 N–H and O–H groups in total. The molecule has 2 atom stereocenters. The fourth-order valence-corrected chi connectivity index (χ4v) is 1.01. The van der Waals surface area contributed by atoms with Crippen molar-refractivity contribution < 1.29 is 19.1 Å². The maximum absolute atomic E-state index is 11.0. The third kappa shape index (κ3) is 2.22. The number of rotatable bonds is 3. The Hall–Kier alpha value is -1.06. The van der Waals surface area contributed by atoms with Crippen LogP contribution in [0.25, 0.3) is 0 Å². The van der Waals surface area contributed by atoms with Gasteiger partial charge in [-0.2, -0.15) is 0 Å². The molecular weight excluding hydrogens is 160 g/mol. The zero-order valence-corrected chi connectivity index (χ0v) is 7.20. The number of hydrogen-bond acceptors (Lipinski definition) is 4. The van der Waals surface area contributed by atoms with E-state index in [1.165, 1.54) is 6.92 Å². The highest BCUT2D eigenvalue weighted by molar-refractivity contribution is 5.77. The first-order valence-electron chi connectivity index (χ1n) is 3.99. The molecule has 0 saturated heterocycles. The van der Waals surface area contributed by atoms with Crippen molar-refractivity contribution in [1.29, 1.82) is 0 Å². The molecule has 68 valence electrons. The van der Waals surface area contributed by atoms with Crippen molar-refractivity contribution >= 4 is 11.9 Å². The Bertz CT molecular complexity index is 199. The van der Waals surface area contributed by atoms with Crippen LogP contribution in [-0.4, -0.2) is 24.6 Å². The highest BCUT2D eigenvalue weighted by atomic mass is 16.6. The van der Waals surface area contributed by atoms with Crippen molar-refractivity contribution in [3.05, 3.63) is 0 Å². The van der Waals surface area contributed by atoms with Crippen molar-refractivity contribution in [2.24, 2.45) is 5.92 Å². The minimum absolute atomic E-state index is 0.214. The van der Waals surface area contributed by atoms with E-state index in [0.29, 0.717) is 13.0 Å². The molecule has 1 aliphatic rings. The molecule has 0 aliphatic heterocycles. The predicted octanol–water partition coefficient (Wildman–Crippen LogP) is 0.501. The van der Waals surface area contributed by atoms with Gasteiger partial charge < -0.3 is 9.47 Å². The summed E-state index contributed by atoms with van der Waals surface area (Å²) in [4.78, 5) is 21.4. The summed E-state index contributed by atoms with van der Waals surface area (Å²) in [6.07, 6.45) is 0.375. The second-order valence-corrected chi connectivity index (χ2v) is 2.74. The molecule has 4 nitrogen and oxygen atoms in total. The normalized spacial score (nSPS) is 26.2. The lowest BCUT2D eigenvalue weighted by Gasteiger charge is -2.00. The number of esters is 2. The van der Waals surface area contributed by atoms with E-state index >= 15 is 0 Å². The van der Waals surface area contributed by atoms with Gasteiger partial charge in [-0.05, 0) is 6.92 Å². The maximum Gasteiger partial charge on any atom is 0.312 e. The molecule has 0 bridgehead atoms. The Morgan fingerprint density at radius 1 is 1.50 bits per heavy atom. The zero-order valence-electron chi connectivity index (χ0n) is 7.20. The van der Waals surface area contributed by atoms with Crippen molar-refractivity contribution in [1.82, 2.24) is 0 Å². The molecule has 0 unspecified atom stereocenters. The van der Waals surface area contributed by atoms with Crippen molar-refractivity contribution in [3.8, 4) is 0 Å². The Morgan fingerprint density at radius 2 is 2.17 bits per heavy atom. The quantitative estimate of drug-likeness (QED) is 0.582. The van der Waals surface area contributed by atoms with Crippen LogP contribution in [0.4, 0.5) is 0 Å². The number of hydrogen-bond donors (Lipinski definition) is 0. The van der Waals surface area contributed by atoms with Gasteiger partial charge in [0.25, 0.3) is 0 Å². The summed E-state index contributed by atoms with van der Waals surface area (Å²) in [5.41, 5.74) is 0. The van der Waals surface area contributed by atoms with Gasteiger partial charge in [-0.1, -0.05) is 0 Å². The molecule has 1 saturated carbocycles. The Balaban J connectivity index is 2.23. The highest BCUT2D eigenvalue weighted by Crippen LogP contribution is 2.34. The van der Waals surface area contributed by atoms with E-state index in [0.717, 1.165) is 0 Å². The molecule has 0 amide bonds. The van der Waals surface area contributed by atoms with E-state index in [4.69, 9.17) is 9.47 Å². The van der Waals surface area contributed by atoms with Crippen LogP contribution in [0.2, 0.25) is 0 Å². The molecular formula is C8H12O4. The molecule has 0 heterocycles. The lowest BCUT2D eigenvalue weighted by Crippen LogP contribution is -2.12. The SMILES string of the molecule is CCOC(=O)[C@H]1C[C@@H]1OC(C)=O. The van der Waals surface area contributed by atoms with Crippen LogP contribution < -0.4 is 0 Å². The van der Waals surface area contributed by atoms with Gasteiger partial charge in [0.1, 0.15) is 6.10 Å². The van der Waals surface area contributed by atoms with E-state index in [1.807, 2.05) is 0 Å². The lowest BCUT2D eigenvalue weighted by atomic mass is 10.4. The first-order valence-corrected chi connectivity index (χ1v) is 3.99. The van der Waals surface area contributed by atoms with Gasteiger partial charge in [-0.15, -0.1) is 0 Å². The zero-order chi connectivity index (χ0) is 9.14. The summed E-state index contributed by atoms with van der Waals surface area (Å²) in [5, 5.41) is 0. The average Bonchev–Trinajstić information content (AvgIpc) is 2.67. The number of carbonyl (C=O) groups excluding carboxylic acids is 2. The molecule has 0 aromatic rings. The molecule has 0 spiro atoms. The molecule has 1 aliphatic carbocycles. The third-order valence-corrected chi connectivity index (χ3v) is 1.64. The van der Waals surface area contributed by atoms with E-state index < -0.39 is 0 Å². The van der Waals surface area contributed by atoms with E-state index in [1.54, 1.807) is 6.92 Å². The van der Waals surface area contributed by atoms with Gasteiger partial charge >= 0.3 is 11.9 Å². The smallest absolute Gasteiger partial charge is 0.312 e. The van der Waals surface area contributed by atoms with E-state index in [2.05, 4.69) is 0 Å². The fourth-order valence-electron chi connectivity index (χ4n) is 1.01. The summed E-state index contributed by atoms with van der Waals surface area (Å²) in [5.74, 6) is -0.815. The summed E-state index contributed by atoms with van der Waals surface area (Å²) in [6, 6.07) is 0. The van der Waals surface area contributed by atoms with Crippen LogP contribution in [0.1, 0.15) is 20.3 Å². The second-order valence-electron chi connectivity index (χ2n) is 2.74. The Kier molecular flexibility index (Phi) is 2.68. The Morgan fingerprint density at radius 3 is 2.67 bits per heavy atom. The second kappa shape index (κ2) is 3.56. The molecule has 0 aromatic heterocycles. The first kappa shape index (κ1) is 9.03. The molecule has 0 radical (unpaired) electrons. The molecule has 0 aromatic carbocycles. The summed E-state index contributed by atoms with van der Waals surface area (Å²) in [6.45, 7) is 3.46. The molecule has 4 heteroatoms. The van der Waals surface area contributed by atoms with Gasteiger partial charge in [0.05, 0.1) is 12.5 Å². The van der Waals surface area contributed by atoms with Crippen molar-refractivity contribution in [3.63, 3.8) is 0 Å². The van der Waals surface area contributed by atoms with Crippen LogP contribution >= 0.6 is 0 Å². The standard InChI is InChI=1S/C8H12O4/c1-3-11-8(10)6-4-7(6)12-5(2)9/h6-7H,3-4H2,1-2H3/t6-,7-/m0/s1. The number of ether oxygens (including phenoxy) is 2. The predicted molar refractivity (Wildman–Crippen MR) is 40.3 cm³/mol. The minimum Gasteiger partial charge on any atom is -0.466 e. The molecule has 12 heavy (non-hydrogen) atoms. The van der Waals surface area contributed by atoms with E-state index in [9.17, 15) is 9.59 Å². The van der Waals surface area contributed by atoms with Gasteiger partial charge in [0.15, 0.2) is 0 Å². The Labute approximate surface area is 70.8 Å². The molecule has 1 rings (SSSR count). The van der Waals surface area contributed by atoms with Crippen LogP contribution in [0.3, 0.4) is 0 Å².